The molecule has 0 aromatic heterocycles. The van der Waals surface area contributed by atoms with Crippen LogP contribution in [-0.2, 0) is 0 Å². The van der Waals surface area contributed by atoms with E-state index in [2.05, 4.69) is 76.0 Å². The van der Waals surface area contributed by atoms with E-state index in [1.807, 2.05) is 6.08 Å². The summed E-state index contributed by atoms with van der Waals surface area (Å²) in [7, 11) is -1.44. The van der Waals surface area contributed by atoms with Gasteiger partial charge in [-0.25, -0.2) is 0 Å². The van der Waals surface area contributed by atoms with Gasteiger partial charge in [-0.05, 0) is 11.5 Å². The van der Waals surface area contributed by atoms with Crippen LogP contribution in [0.5, 0.6) is 0 Å². The molecule has 0 aliphatic carbocycles. The fourth-order valence-electron chi connectivity index (χ4n) is 2.55. The molecule has 0 aliphatic rings. The number of hydrogen-bond donors (Lipinski definition) is 0. The van der Waals surface area contributed by atoms with Gasteiger partial charge in [0.15, 0.2) is 0 Å². The molecule has 1 atom stereocenters. The summed E-state index contributed by atoms with van der Waals surface area (Å²) in [6.07, 6.45) is 6.32. The second kappa shape index (κ2) is 6.01. The van der Waals surface area contributed by atoms with Crippen LogP contribution < -0.4 is 5.19 Å². The van der Waals surface area contributed by atoms with E-state index in [0.717, 1.165) is 0 Å². The summed E-state index contributed by atoms with van der Waals surface area (Å²) in [6, 6.07) is 11.0. The smallest absolute Gasteiger partial charge is 0.0876 e. The third-order valence-electron chi connectivity index (χ3n) is 3.52. The molecule has 1 aromatic rings. The van der Waals surface area contributed by atoms with E-state index < -0.39 is 8.07 Å². The molecule has 0 fully saturated rings. The zero-order chi connectivity index (χ0) is 12.9. The van der Waals surface area contributed by atoms with E-state index in [1.165, 1.54) is 5.19 Å². The average molecular weight is 244 g/mol. The predicted octanol–water partition coefficient (Wildman–Crippen LogP) is 4.37. The topological polar surface area (TPSA) is 0 Å². The molecule has 1 unspecified atom stereocenters. The summed E-state index contributed by atoms with van der Waals surface area (Å²) < 4.78 is 0. The lowest BCUT2D eigenvalue weighted by atomic mass is 10.1. The molecule has 17 heavy (non-hydrogen) atoms. The first kappa shape index (κ1) is 14.0. The number of hydrogen-bond acceptors (Lipinski definition) is 0. The van der Waals surface area contributed by atoms with E-state index >= 15 is 0 Å². The summed E-state index contributed by atoms with van der Waals surface area (Å²) in [5.74, 6) is 0.674. The second-order valence-electron chi connectivity index (χ2n) is 5.48. The Morgan fingerprint density at radius 3 is 2.18 bits per heavy atom. The van der Waals surface area contributed by atoms with Crippen LogP contribution in [-0.4, -0.2) is 8.07 Å². The van der Waals surface area contributed by atoms with Crippen molar-refractivity contribution >= 4 is 13.3 Å². The van der Waals surface area contributed by atoms with Gasteiger partial charge in [-0.2, -0.15) is 0 Å². The standard InChI is InChI=1S/C16H24Si/c1-6-7-13-16(14(2)3)17(4,5)15-11-9-8-10-12-15/h6-14,16H,1H2,2-5H3/b13-7-. The highest BCUT2D eigenvalue weighted by molar-refractivity contribution is 6.91. The van der Waals surface area contributed by atoms with Crippen molar-refractivity contribution in [1.82, 2.24) is 0 Å². The molecule has 0 saturated heterocycles. The summed E-state index contributed by atoms with van der Waals surface area (Å²) in [5, 5.41) is 1.53. The molecule has 1 aromatic carbocycles. The lowest BCUT2D eigenvalue weighted by Gasteiger charge is -2.34. The molecule has 0 aliphatic heterocycles. The average Bonchev–Trinajstić information content (AvgIpc) is 2.30. The zero-order valence-corrected chi connectivity index (χ0v) is 12.5. The van der Waals surface area contributed by atoms with Gasteiger partial charge in [0.05, 0.1) is 8.07 Å². The number of benzene rings is 1. The maximum absolute atomic E-state index is 3.78. The lowest BCUT2D eigenvalue weighted by Crippen LogP contribution is -2.47. The molecular formula is C16H24Si. The SMILES string of the molecule is C=C/C=C\C(C(C)C)[Si](C)(C)c1ccccc1. The highest BCUT2D eigenvalue weighted by atomic mass is 28.3. The van der Waals surface area contributed by atoms with Gasteiger partial charge in [0.2, 0.25) is 0 Å². The molecule has 0 radical (unpaired) electrons. The fraction of sp³-hybridized carbons (Fsp3) is 0.375. The quantitative estimate of drug-likeness (QED) is 0.533. The first-order chi connectivity index (χ1) is 8.00. The van der Waals surface area contributed by atoms with Crippen molar-refractivity contribution in [2.75, 3.05) is 0 Å². The summed E-state index contributed by atoms with van der Waals surface area (Å²) in [5.41, 5.74) is 0.655. The van der Waals surface area contributed by atoms with Crippen LogP contribution >= 0.6 is 0 Å². The fourth-order valence-corrected chi connectivity index (χ4v) is 6.25. The minimum Gasteiger partial charge on any atom is -0.0991 e. The highest BCUT2D eigenvalue weighted by Crippen LogP contribution is 2.31. The molecule has 0 spiro atoms. The van der Waals surface area contributed by atoms with Gasteiger partial charge in [-0.3, -0.25) is 0 Å². The third kappa shape index (κ3) is 3.44. The monoisotopic (exact) mass is 244 g/mol. The third-order valence-corrected chi connectivity index (χ3v) is 7.87. The van der Waals surface area contributed by atoms with Crippen LogP contribution in [0.2, 0.25) is 18.6 Å². The molecule has 0 N–H and O–H groups in total. The van der Waals surface area contributed by atoms with Gasteiger partial charge in [-0.1, -0.05) is 87.3 Å². The van der Waals surface area contributed by atoms with Gasteiger partial charge in [0.1, 0.15) is 0 Å². The van der Waals surface area contributed by atoms with E-state index in [-0.39, 0.29) is 0 Å². The molecule has 0 heterocycles. The minimum atomic E-state index is -1.44. The Kier molecular flexibility index (Phi) is 4.95. The highest BCUT2D eigenvalue weighted by Gasteiger charge is 2.33. The lowest BCUT2D eigenvalue weighted by molar-refractivity contribution is 0.647. The molecule has 0 saturated carbocycles. The Bertz CT molecular complexity index is 374. The Morgan fingerprint density at radius 2 is 1.71 bits per heavy atom. The normalized spacial score (nSPS) is 14.2. The Balaban J connectivity index is 3.08. The maximum atomic E-state index is 3.78. The van der Waals surface area contributed by atoms with Gasteiger partial charge >= 0.3 is 0 Å². The zero-order valence-electron chi connectivity index (χ0n) is 11.5. The Hall–Kier alpha value is -1.08. The van der Waals surface area contributed by atoms with Crippen molar-refractivity contribution in [3.05, 3.63) is 55.1 Å². The van der Waals surface area contributed by atoms with E-state index in [0.29, 0.717) is 11.5 Å². The van der Waals surface area contributed by atoms with Crippen LogP contribution in [0.15, 0.2) is 55.1 Å². The summed E-state index contributed by atoms with van der Waals surface area (Å²) in [6.45, 7) is 13.3. The molecular weight excluding hydrogens is 220 g/mol. The summed E-state index contributed by atoms with van der Waals surface area (Å²) >= 11 is 0. The van der Waals surface area contributed by atoms with Crippen LogP contribution in [0.25, 0.3) is 0 Å². The first-order valence-corrected chi connectivity index (χ1v) is 9.42. The second-order valence-corrected chi connectivity index (χ2v) is 10.2. The van der Waals surface area contributed by atoms with Crippen molar-refractivity contribution < 1.29 is 0 Å². The van der Waals surface area contributed by atoms with Gasteiger partial charge in [0.25, 0.3) is 0 Å². The van der Waals surface area contributed by atoms with Gasteiger partial charge in [0, 0.05) is 0 Å². The molecule has 0 amide bonds. The molecule has 0 bridgehead atoms. The van der Waals surface area contributed by atoms with Gasteiger partial charge in [-0.15, -0.1) is 0 Å². The van der Waals surface area contributed by atoms with E-state index in [4.69, 9.17) is 0 Å². The molecule has 92 valence electrons. The van der Waals surface area contributed by atoms with Crippen LogP contribution in [0.4, 0.5) is 0 Å². The van der Waals surface area contributed by atoms with Crippen LogP contribution in [0.3, 0.4) is 0 Å². The van der Waals surface area contributed by atoms with Crippen molar-refractivity contribution in [2.24, 2.45) is 5.92 Å². The molecule has 1 rings (SSSR count). The predicted molar refractivity (Wildman–Crippen MR) is 81.5 cm³/mol. The van der Waals surface area contributed by atoms with Crippen molar-refractivity contribution in [3.63, 3.8) is 0 Å². The first-order valence-electron chi connectivity index (χ1n) is 6.35. The summed E-state index contributed by atoms with van der Waals surface area (Å²) in [4.78, 5) is 0. The van der Waals surface area contributed by atoms with E-state index in [9.17, 15) is 0 Å². The minimum absolute atomic E-state index is 0.655. The Labute approximate surface area is 107 Å². The van der Waals surface area contributed by atoms with Crippen LogP contribution in [0.1, 0.15) is 13.8 Å². The van der Waals surface area contributed by atoms with E-state index in [1.54, 1.807) is 0 Å². The van der Waals surface area contributed by atoms with Crippen molar-refractivity contribution in [1.29, 1.82) is 0 Å². The molecule has 0 nitrogen and oxygen atoms in total. The van der Waals surface area contributed by atoms with Gasteiger partial charge < -0.3 is 0 Å². The maximum Gasteiger partial charge on any atom is 0.0876 e. The number of rotatable bonds is 5. The van der Waals surface area contributed by atoms with Crippen LogP contribution in [0, 0.1) is 5.92 Å². The molecule has 1 heteroatoms. The van der Waals surface area contributed by atoms with Crippen molar-refractivity contribution in [2.45, 2.75) is 32.5 Å². The van der Waals surface area contributed by atoms with Crippen molar-refractivity contribution in [3.8, 4) is 0 Å². The number of allylic oxidation sites excluding steroid dienone is 3. The Morgan fingerprint density at radius 1 is 1.12 bits per heavy atom. The largest absolute Gasteiger partial charge is 0.0991 e.